The van der Waals surface area contributed by atoms with E-state index in [0.29, 0.717) is 18.4 Å². The number of nitrogens with zero attached hydrogens (tertiary/aromatic N) is 1. The standard InChI is InChI=1S/C18H28N4O4/c1-4-8-13(19)16(24)17(25)20-11-14(23)21-15(18(26)22(2)3)12-9-6-5-7-10-12/h5-7,9-10,13,15,17,20,25H,4,8,11,19H2,1-3H3,(H,21,23). The molecule has 0 saturated heterocycles. The summed E-state index contributed by atoms with van der Waals surface area (Å²) in [5, 5.41) is 14.9. The lowest BCUT2D eigenvalue weighted by molar-refractivity contribution is -0.135. The number of amides is 2. The highest BCUT2D eigenvalue weighted by atomic mass is 16.3. The van der Waals surface area contributed by atoms with Crippen LogP contribution in [0.2, 0.25) is 0 Å². The zero-order valence-electron chi connectivity index (χ0n) is 15.4. The molecule has 0 bridgehead atoms. The molecule has 0 aliphatic rings. The van der Waals surface area contributed by atoms with E-state index in [2.05, 4.69) is 10.6 Å². The summed E-state index contributed by atoms with van der Waals surface area (Å²) in [7, 11) is 3.19. The molecule has 0 aromatic heterocycles. The number of aliphatic hydroxyl groups is 1. The van der Waals surface area contributed by atoms with Crippen molar-refractivity contribution in [2.45, 2.75) is 38.1 Å². The van der Waals surface area contributed by atoms with E-state index in [1.807, 2.05) is 13.0 Å². The van der Waals surface area contributed by atoms with Gasteiger partial charge in [-0.05, 0) is 12.0 Å². The quantitative estimate of drug-likeness (QED) is 0.416. The van der Waals surface area contributed by atoms with Gasteiger partial charge in [0.2, 0.25) is 11.8 Å². The fraction of sp³-hybridized carbons (Fsp3) is 0.500. The number of nitrogens with one attached hydrogen (secondary N) is 2. The second-order valence-corrected chi connectivity index (χ2v) is 6.22. The van der Waals surface area contributed by atoms with E-state index in [1.54, 1.807) is 38.4 Å². The lowest BCUT2D eigenvalue weighted by Crippen LogP contribution is -2.50. The molecule has 0 aliphatic heterocycles. The first-order chi connectivity index (χ1) is 12.3. The van der Waals surface area contributed by atoms with Gasteiger partial charge < -0.3 is 21.1 Å². The van der Waals surface area contributed by atoms with E-state index in [-0.39, 0.29) is 12.5 Å². The molecule has 8 nitrogen and oxygen atoms in total. The van der Waals surface area contributed by atoms with Crippen LogP contribution in [0, 0.1) is 0 Å². The minimum Gasteiger partial charge on any atom is -0.371 e. The highest BCUT2D eigenvalue weighted by molar-refractivity contribution is 5.90. The molecular formula is C18H28N4O4. The third-order valence-electron chi connectivity index (χ3n) is 3.82. The number of rotatable bonds is 10. The predicted octanol–water partition coefficient (Wildman–Crippen LogP) is -0.463. The van der Waals surface area contributed by atoms with Crippen LogP contribution in [-0.2, 0) is 14.4 Å². The molecule has 0 heterocycles. The van der Waals surface area contributed by atoms with Crippen LogP contribution in [-0.4, -0.2) is 60.5 Å². The predicted molar refractivity (Wildman–Crippen MR) is 97.9 cm³/mol. The first-order valence-corrected chi connectivity index (χ1v) is 8.54. The van der Waals surface area contributed by atoms with Crippen molar-refractivity contribution < 1.29 is 19.5 Å². The average molecular weight is 364 g/mol. The van der Waals surface area contributed by atoms with Crippen molar-refractivity contribution in [3.63, 3.8) is 0 Å². The summed E-state index contributed by atoms with van der Waals surface area (Å²) in [6.45, 7) is 1.56. The maximum absolute atomic E-state index is 12.4. The number of ketones is 1. The van der Waals surface area contributed by atoms with Gasteiger partial charge in [0, 0.05) is 14.1 Å². The van der Waals surface area contributed by atoms with Crippen molar-refractivity contribution in [2.24, 2.45) is 5.73 Å². The van der Waals surface area contributed by atoms with Crippen molar-refractivity contribution in [3.05, 3.63) is 35.9 Å². The molecule has 8 heteroatoms. The molecule has 5 N–H and O–H groups in total. The Kier molecular flexibility index (Phi) is 8.91. The van der Waals surface area contributed by atoms with Gasteiger partial charge in [0.15, 0.2) is 12.0 Å². The van der Waals surface area contributed by atoms with Gasteiger partial charge in [0.25, 0.3) is 0 Å². The molecular weight excluding hydrogens is 336 g/mol. The monoisotopic (exact) mass is 364 g/mol. The fourth-order valence-electron chi connectivity index (χ4n) is 2.35. The van der Waals surface area contributed by atoms with Gasteiger partial charge in [0.05, 0.1) is 12.6 Å². The van der Waals surface area contributed by atoms with Gasteiger partial charge in [-0.25, -0.2) is 0 Å². The number of Topliss-reactive ketones (excluding diaryl/α,β-unsaturated/α-hetero) is 1. The van der Waals surface area contributed by atoms with Crippen LogP contribution in [0.3, 0.4) is 0 Å². The Bertz CT molecular complexity index is 606. The van der Waals surface area contributed by atoms with Crippen LogP contribution >= 0.6 is 0 Å². The number of likely N-dealkylation sites (N-methyl/N-ethyl adjacent to an activating group) is 1. The fourth-order valence-corrected chi connectivity index (χ4v) is 2.35. The number of benzene rings is 1. The maximum Gasteiger partial charge on any atom is 0.249 e. The summed E-state index contributed by atoms with van der Waals surface area (Å²) < 4.78 is 0. The maximum atomic E-state index is 12.4. The Morgan fingerprint density at radius 2 is 1.81 bits per heavy atom. The SMILES string of the molecule is CCCC(N)C(=O)C(O)NCC(=O)NC(C(=O)N(C)C)c1ccccc1. The van der Waals surface area contributed by atoms with Gasteiger partial charge in [-0.15, -0.1) is 0 Å². The van der Waals surface area contributed by atoms with E-state index in [0.717, 1.165) is 0 Å². The largest absolute Gasteiger partial charge is 0.371 e. The Hall–Kier alpha value is -2.29. The van der Waals surface area contributed by atoms with Crippen LogP contribution in [0.5, 0.6) is 0 Å². The smallest absolute Gasteiger partial charge is 0.249 e. The van der Waals surface area contributed by atoms with E-state index in [1.165, 1.54) is 4.90 Å². The molecule has 3 unspecified atom stereocenters. The number of aliphatic hydroxyl groups excluding tert-OH is 1. The Labute approximate surface area is 153 Å². The summed E-state index contributed by atoms with van der Waals surface area (Å²) in [4.78, 5) is 37.8. The topological polar surface area (TPSA) is 125 Å². The summed E-state index contributed by atoms with van der Waals surface area (Å²) in [6.07, 6.45) is -0.357. The molecule has 26 heavy (non-hydrogen) atoms. The molecule has 2 amide bonds. The van der Waals surface area contributed by atoms with E-state index in [4.69, 9.17) is 5.73 Å². The highest BCUT2D eigenvalue weighted by Crippen LogP contribution is 2.14. The highest BCUT2D eigenvalue weighted by Gasteiger charge is 2.25. The number of carbonyl (C=O) groups excluding carboxylic acids is 3. The Balaban J connectivity index is 2.67. The summed E-state index contributed by atoms with van der Waals surface area (Å²) in [6, 6.07) is 7.20. The van der Waals surface area contributed by atoms with E-state index < -0.39 is 30.0 Å². The Morgan fingerprint density at radius 1 is 1.19 bits per heavy atom. The normalized spacial score (nSPS) is 14.2. The first-order valence-electron chi connectivity index (χ1n) is 8.54. The molecule has 3 atom stereocenters. The minimum absolute atomic E-state index is 0.286. The number of hydrogen-bond donors (Lipinski definition) is 4. The molecule has 0 saturated carbocycles. The van der Waals surface area contributed by atoms with E-state index >= 15 is 0 Å². The molecule has 0 radical (unpaired) electrons. The Morgan fingerprint density at radius 3 is 2.35 bits per heavy atom. The zero-order valence-corrected chi connectivity index (χ0v) is 15.4. The second-order valence-electron chi connectivity index (χ2n) is 6.22. The van der Waals surface area contributed by atoms with Crippen molar-refractivity contribution in [1.82, 2.24) is 15.5 Å². The van der Waals surface area contributed by atoms with Gasteiger partial charge in [-0.2, -0.15) is 0 Å². The molecule has 0 aliphatic carbocycles. The van der Waals surface area contributed by atoms with Gasteiger partial charge in [-0.3, -0.25) is 19.7 Å². The lowest BCUT2D eigenvalue weighted by atomic mass is 10.1. The molecule has 1 aromatic carbocycles. The summed E-state index contributed by atoms with van der Waals surface area (Å²) in [5.74, 6) is -1.38. The van der Waals surface area contributed by atoms with Crippen LogP contribution in [0.1, 0.15) is 31.4 Å². The van der Waals surface area contributed by atoms with E-state index in [9.17, 15) is 19.5 Å². The molecule has 1 rings (SSSR count). The molecule has 0 spiro atoms. The second kappa shape index (κ2) is 10.6. The summed E-state index contributed by atoms with van der Waals surface area (Å²) >= 11 is 0. The number of hydrogen-bond acceptors (Lipinski definition) is 6. The first kappa shape index (κ1) is 21.8. The van der Waals surface area contributed by atoms with Gasteiger partial charge in [0.1, 0.15) is 6.04 Å². The molecule has 144 valence electrons. The van der Waals surface area contributed by atoms with Crippen LogP contribution in [0.4, 0.5) is 0 Å². The number of carbonyl (C=O) groups is 3. The van der Waals surface area contributed by atoms with Crippen LogP contribution in [0.25, 0.3) is 0 Å². The lowest BCUT2D eigenvalue weighted by Gasteiger charge is -2.22. The third kappa shape index (κ3) is 6.55. The third-order valence-corrected chi connectivity index (χ3v) is 3.82. The summed E-state index contributed by atoms with van der Waals surface area (Å²) in [5.41, 5.74) is 6.30. The molecule has 0 fully saturated rings. The van der Waals surface area contributed by atoms with Gasteiger partial charge in [-0.1, -0.05) is 43.7 Å². The minimum atomic E-state index is -1.53. The number of nitrogens with two attached hydrogens (primary N) is 1. The van der Waals surface area contributed by atoms with Crippen molar-refractivity contribution >= 4 is 17.6 Å². The van der Waals surface area contributed by atoms with Crippen molar-refractivity contribution in [1.29, 1.82) is 0 Å². The van der Waals surface area contributed by atoms with Crippen LogP contribution < -0.4 is 16.4 Å². The van der Waals surface area contributed by atoms with Crippen molar-refractivity contribution in [3.8, 4) is 0 Å². The van der Waals surface area contributed by atoms with Gasteiger partial charge >= 0.3 is 0 Å². The average Bonchev–Trinajstić information content (AvgIpc) is 2.63. The van der Waals surface area contributed by atoms with Crippen LogP contribution in [0.15, 0.2) is 30.3 Å². The van der Waals surface area contributed by atoms with Crippen molar-refractivity contribution in [2.75, 3.05) is 20.6 Å². The molecule has 1 aromatic rings. The zero-order chi connectivity index (χ0) is 19.7.